The quantitative estimate of drug-likeness (QED) is 0.394. The molecule has 5 saturated carbocycles. The summed E-state index contributed by atoms with van der Waals surface area (Å²) >= 11 is 0. The predicted octanol–water partition coefficient (Wildman–Crippen LogP) is 5.93. The fraction of sp³-hybridized carbons (Fsp3) is 0.625. The van der Waals surface area contributed by atoms with Crippen molar-refractivity contribution < 1.29 is 19.3 Å². The van der Waals surface area contributed by atoms with Gasteiger partial charge in [-0.15, -0.1) is 0 Å². The average molecular weight is 519 g/mol. The highest BCUT2D eigenvalue weighted by atomic mass is 28.4. The maximum Gasteiger partial charge on any atom is 0.258 e. The Morgan fingerprint density at radius 2 is 1.41 bits per heavy atom. The van der Waals surface area contributed by atoms with Crippen LogP contribution in [0.15, 0.2) is 60.7 Å². The van der Waals surface area contributed by atoms with Crippen LogP contribution in [-0.4, -0.2) is 24.7 Å². The molecule has 2 atom stereocenters. The van der Waals surface area contributed by atoms with Crippen LogP contribution in [0.4, 0.5) is 0 Å². The van der Waals surface area contributed by atoms with Gasteiger partial charge in [0.05, 0.1) is 0 Å². The largest absolute Gasteiger partial charge is 0.424 e. The molecule has 1 aliphatic heterocycles. The molecule has 2 spiro atoms. The maximum atomic E-state index is 12.7. The second kappa shape index (κ2) is 8.75. The summed E-state index contributed by atoms with van der Waals surface area (Å²) in [5, 5.41) is 1.90. The van der Waals surface area contributed by atoms with E-state index in [0.717, 1.165) is 54.3 Å². The van der Waals surface area contributed by atoms with Crippen LogP contribution in [0, 0.1) is 29.6 Å². The third-order valence-electron chi connectivity index (χ3n) is 10.9. The summed E-state index contributed by atoms with van der Waals surface area (Å²) < 4.78 is 7.06. The highest BCUT2D eigenvalue weighted by Gasteiger charge is 2.67. The molecule has 1 saturated heterocycles. The van der Waals surface area contributed by atoms with Crippen LogP contribution in [-0.2, 0) is 14.5 Å². The first kappa shape index (κ1) is 24.5. The Balaban J connectivity index is 1.14. The van der Waals surface area contributed by atoms with Crippen LogP contribution in [0.2, 0.25) is 5.04 Å². The number of hydrogen-bond acceptors (Lipinski definition) is 4. The molecule has 2 aromatic carbocycles. The summed E-state index contributed by atoms with van der Waals surface area (Å²) in [6.45, 7) is 4.57. The normalized spacial score (nSPS) is 39.1. The van der Waals surface area contributed by atoms with Gasteiger partial charge in [0.15, 0.2) is 0 Å². The maximum absolute atomic E-state index is 12.7. The highest BCUT2D eigenvalue weighted by molar-refractivity contribution is 6.98. The van der Waals surface area contributed by atoms with E-state index in [9.17, 15) is 4.80 Å². The minimum atomic E-state index is -3.04. The smallest absolute Gasteiger partial charge is 0.258 e. The summed E-state index contributed by atoms with van der Waals surface area (Å²) in [5.41, 5.74) is 0. The van der Waals surface area contributed by atoms with Crippen molar-refractivity contribution in [3.05, 3.63) is 60.7 Å². The zero-order valence-corrected chi connectivity index (χ0v) is 23.4. The molecule has 5 heteroatoms. The van der Waals surface area contributed by atoms with Gasteiger partial charge in [-0.1, -0.05) is 80.9 Å². The molecule has 0 radical (unpaired) electrons. The Labute approximate surface area is 222 Å². The van der Waals surface area contributed by atoms with Gasteiger partial charge in [-0.2, -0.15) is 9.78 Å². The van der Waals surface area contributed by atoms with Crippen LogP contribution in [0.25, 0.3) is 0 Å². The van der Waals surface area contributed by atoms with Crippen LogP contribution in [0.3, 0.4) is 0 Å². The van der Waals surface area contributed by atoms with E-state index in [2.05, 4.69) is 62.4 Å². The average Bonchev–Trinajstić information content (AvgIpc) is 3.26. The molecular weight excluding hydrogens is 476 g/mol. The van der Waals surface area contributed by atoms with E-state index in [1.807, 2.05) is 12.1 Å². The minimum absolute atomic E-state index is 0.265. The van der Waals surface area contributed by atoms with Gasteiger partial charge in [0.1, 0.15) is 0 Å². The van der Waals surface area contributed by atoms with Gasteiger partial charge < -0.3 is 9.53 Å². The third kappa shape index (κ3) is 3.83. The molecule has 4 bridgehead atoms. The molecule has 0 aromatic heterocycles. The summed E-state index contributed by atoms with van der Waals surface area (Å²) in [6.07, 6.45) is 11.3. The lowest BCUT2D eigenvalue weighted by Gasteiger charge is -2.57. The van der Waals surface area contributed by atoms with Gasteiger partial charge in [-0.3, -0.25) is 0 Å². The van der Waals surface area contributed by atoms with Crippen molar-refractivity contribution in [3.8, 4) is 0 Å². The van der Waals surface area contributed by atoms with E-state index in [-0.39, 0.29) is 5.04 Å². The first-order valence-electron chi connectivity index (χ1n) is 14.7. The lowest BCUT2D eigenvalue weighted by atomic mass is 9.53. The van der Waals surface area contributed by atoms with Crippen molar-refractivity contribution in [2.24, 2.45) is 29.6 Å². The molecule has 0 amide bonds. The first-order valence-corrected chi connectivity index (χ1v) is 16.7. The second-order valence-corrected chi connectivity index (χ2v) is 17.6. The topological polar surface area (TPSA) is 47.9 Å². The Kier molecular flexibility index (Phi) is 5.80. The molecule has 2 aromatic rings. The van der Waals surface area contributed by atoms with Crippen LogP contribution in [0.5, 0.6) is 0 Å². The summed E-state index contributed by atoms with van der Waals surface area (Å²) in [7, 11) is -3.04. The fourth-order valence-electron chi connectivity index (χ4n) is 9.43. The van der Waals surface area contributed by atoms with Crippen molar-refractivity contribution in [3.63, 3.8) is 0 Å². The summed E-state index contributed by atoms with van der Waals surface area (Å²) in [4.78, 5) is 25.3. The molecular formula is C32H42O4Si. The molecule has 5 aliphatic carbocycles. The summed E-state index contributed by atoms with van der Waals surface area (Å²) in [6, 6.07) is 20.8. The molecule has 198 valence electrons. The van der Waals surface area contributed by atoms with Crippen molar-refractivity contribution in [2.45, 2.75) is 94.7 Å². The van der Waals surface area contributed by atoms with Gasteiger partial charge in [0.25, 0.3) is 8.32 Å². The van der Waals surface area contributed by atoms with Crippen LogP contribution < -0.4 is 10.4 Å². The molecule has 0 unspecified atom stereocenters. The van der Waals surface area contributed by atoms with E-state index >= 15 is 0 Å². The van der Waals surface area contributed by atoms with E-state index in [0.29, 0.717) is 17.8 Å². The molecule has 1 heterocycles. The number of ether oxygens (including phenoxy) is 1. The molecule has 6 fully saturated rings. The lowest BCUT2D eigenvalue weighted by molar-refractivity contribution is -0.390. The minimum Gasteiger partial charge on any atom is -0.424 e. The van der Waals surface area contributed by atoms with Gasteiger partial charge in [-0.05, 0) is 78.1 Å². The van der Waals surface area contributed by atoms with Gasteiger partial charge in [0, 0.05) is 24.7 Å². The van der Waals surface area contributed by atoms with E-state index in [4.69, 9.17) is 14.5 Å². The Morgan fingerprint density at radius 1 is 0.838 bits per heavy atom. The van der Waals surface area contributed by atoms with Crippen molar-refractivity contribution >= 4 is 18.7 Å². The third-order valence-corrected chi connectivity index (χ3v) is 15.4. The van der Waals surface area contributed by atoms with Gasteiger partial charge in [0.2, 0.25) is 11.6 Å². The van der Waals surface area contributed by atoms with E-state index < -0.39 is 19.9 Å². The number of benzene rings is 2. The number of hydrogen-bond donors (Lipinski definition) is 1. The highest BCUT2D eigenvalue weighted by Crippen LogP contribution is 2.64. The zero-order valence-electron chi connectivity index (χ0n) is 22.4. The molecule has 8 rings (SSSR count). The molecule has 37 heavy (non-hydrogen) atoms. The molecule has 6 aliphatic rings. The van der Waals surface area contributed by atoms with E-state index in [1.54, 1.807) is 0 Å². The standard InChI is InChI=1S/C32H42O4Si/c1-30(2,37(33,28-11-5-3-6-12-28)29-13-7-4-8-14-29)21-23-10-9-15-31(22-23)34-32(36-35-31)26-17-24-16-25(19-26)20-27(32)18-24/h3-8,11-14,23-27,33H,9-10,15-22H2,1-2H3/t23-,24?,25?,26?,27?,31+,32?/m0/s1. The Hall–Kier alpha value is -1.50. The molecule has 1 N–H and O–H groups in total. The molecule has 4 nitrogen and oxygen atoms in total. The van der Waals surface area contributed by atoms with Gasteiger partial charge in [-0.25, -0.2) is 0 Å². The zero-order chi connectivity index (χ0) is 25.3. The predicted molar refractivity (Wildman–Crippen MR) is 147 cm³/mol. The SMILES string of the molecule is CC(C)(C[C@@H]1CCC[C@]2(C1)OOC1(O2)C2CC3CC(C2)CC1C3)[Si](O)(c1ccccc1)c1ccccc1. The Bertz CT molecular complexity index is 1050. The number of rotatable bonds is 5. The van der Waals surface area contributed by atoms with E-state index in [1.165, 1.54) is 32.1 Å². The van der Waals surface area contributed by atoms with Crippen LogP contribution >= 0.6 is 0 Å². The summed E-state index contributed by atoms with van der Waals surface area (Å²) in [5.74, 6) is 2.03. The van der Waals surface area contributed by atoms with Gasteiger partial charge >= 0.3 is 0 Å². The van der Waals surface area contributed by atoms with Crippen LogP contribution in [0.1, 0.15) is 78.1 Å². The lowest BCUT2D eigenvalue weighted by Crippen LogP contribution is -2.65. The fourth-order valence-corrected chi connectivity index (χ4v) is 13.3. The monoisotopic (exact) mass is 518 g/mol. The van der Waals surface area contributed by atoms with Crippen molar-refractivity contribution in [1.82, 2.24) is 0 Å². The Morgan fingerprint density at radius 3 is 1.97 bits per heavy atom. The second-order valence-electron chi connectivity index (χ2n) is 13.7. The van der Waals surface area contributed by atoms with Crippen molar-refractivity contribution in [1.29, 1.82) is 0 Å². The first-order chi connectivity index (χ1) is 17.8. The van der Waals surface area contributed by atoms with Crippen molar-refractivity contribution in [2.75, 3.05) is 0 Å².